The van der Waals surface area contributed by atoms with E-state index in [1.165, 1.54) is 13.8 Å². The summed E-state index contributed by atoms with van der Waals surface area (Å²) in [7, 11) is 0. The molecule has 0 aromatic rings. The molecule has 1 atom stereocenters. The second-order valence-electron chi connectivity index (χ2n) is 6.18. The summed E-state index contributed by atoms with van der Waals surface area (Å²) in [5.41, 5.74) is -1.69. The standard InChI is InChI=1S/C18H30O6/c1-8-14(9-2)11-17(10-3,23-15(19)12(4)5)18(21,22)24-16(20)13(6)7/h14,21-22H,4,6,8-11H2,1-3,5,7H3. The molecule has 6 nitrogen and oxygen atoms in total. The van der Waals surface area contributed by atoms with Crippen molar-refractivity contribution < 1.29 is 29.3 Å². The van der Waals surface area contributed by atoms with E-state index >= 15 is 0 Å². The van der Waals surface area contributed by atoms with Gasteiger partial charge in [0.1, 0.15) is 0 Å². The van der Waals surface area contributed by atoms with E-state index < -0.39 is 23.5 Å². The van der Waals surface area contributed by atoms with E-state index in [0.29, 0.717) is 0 Å². The van der Waals surface area contributed by atoms with Crippen LogP contribution in [0.2, 0.25) is 0 Å². The maximum Gasteiger partial charge on any atom is 0.366 e. The third kappa shape index (κ3) is 5.46. The summed E-state index contributed by atoms with van der Waals surface area (Å²) in [5.74, 6) is -4.69. The molecule has 2 N–H and O–H groups in total. The van der Waals surface area contributed by atoms with Crippen LogP contribution in [0.5, 0.6) is 0 Å². The molecular formula is C18H30O6. The molecule has 0 spiro atoms. The maximum atomic E-state index is 12.0. The van der Waals surface area contributed by atoms with Crippen LogP contribution >= 0.6 is 0 Å². The van der Waals surface area contributed by atoms with Crippen LogP contribution in [0.1, 0.15) is 60.3 Å². The van der Waals surface area contributed by atoms with Gasteiger partial charge in [-0.05, 0) is 32.6 Å². The Morgan fingerprint density at radius 3 is 1.71 bits per heavy atom. The molecule has 0 rings (SSSR count). The highest BCUT2D eigenvalue weighted by Gasteiger charge is 2.56. The van der Waals surface area contributed by atoms with Gasteiger partial charge in [0.15, 0.2) is 0 Å². The smallest absolute Gasteiger partial charge is 0.366 e. The van der Waals surface area contributed by atoms with Crippen LogP contribution in [0.15, 0.2) is 24.3 Å². The summed E-state index contributed by atoms with van der Waals surface area (Å²) in [6, 6.07) is 0. The van der Waals surface area contributed by atoms with E-state index in [-0.39, 0.29) is 29.9 Å². The number of hydrogen-bond donors (Lipinski definition) is 2. The Balaban J connectivity index is 5.86. The van der Waals surface area contributed by atoms with Gasteiger partial charge in [-0.3, -0.25) is 0 Å². The van der Waals surface area contributed by atoms with Crippen molar-refractivity contribution in [3.05, 3.63) is 24.3 Å². The fourth-order valence-corrected chi connectivity index (χ4v) is 2.31. The minimum Gasteiger partial charge on any atom is -0.446 e. The van der Waals surface area contributed by atoms with Crippen molar-refractivity contribution in [1.29, 1.82) is 0 Å². The summed E-state index contributed by atoms with van der Waals surface area (Å²) in [6.07, 6.45) is 1.66. The molecule has 6 heteroatoms. The molecule has 138 valence electrons. The van der Waals surface area contributed by atoms with Gasteiger partial charge in [0.2, 0.25) is 5.60 Å². The Morgan fingerprint density at radius 1 is 0.958 bits per heavy atom. The van der Waals surface area contributed by atoms with Crippen LogP contribution in [0.4, 0.5) is 0 Å². The third-order valence-electron chi connectivity index (χ3n) is 4.16. The first kappa shape index (κ1) is 22.3. The third-order valence-corrected chi connectivity index (χ3v) is 4.16. The predicted molar refractivity (Wildman–Crippen MR) is 90.7 cm³/mol. The summed E-state index contributed by atoms with van der Waals surface area (Å²) in [6.45, 7) is 15.3. The van der Waals surface area contributed by atoms with Gasteiger partial charge in [0.05, 0.1) is 0 Å². The number of rotatable bonds is 10. The number of hydrogen-bond acceptors (Lipinski definition) is 6. The SMILES string of the molecule is C=C(C)C(=O)OC(O)(O)C(CC)(CC(CC)CC)OC(=O)C(=C)C. The molecule has 0 aromatic heterocycles. The Kier molecular flexibility index (Phi) is 8.37. The quantitative estimate of drug-likeness (QED) is 0.360. The largest absolute Gasteiger partial charge is 0.446 e. The zero-order chi connectivity index (χ0) is 19.1. The van der Waals surface area contributed by atoms with Gasteiger partial charge in [-0.2, -0.15) is 0 Å². The van der Waals surface area contributed by atoms with Crippen molar-refractivity contribution in [2.45, 2.75) is 71.9 Å². The van der Waals surface area contributed by atoms with E-state index in [2.05, 4.69) is 13.2 Å². The fourth-order valence-electron chi connectivity index (χ4n) is 2.31. The highest BCUT2D eigenvalue weighted by molar-refractivity contribution is 5.88. The first-order valence-corrected chi connectivity index (χ1v) is 8.18. The molecule has 0 bridgehead atoms. The van der Waals surface area contributed by atoms with Crippen molar-refractivity contribution in [3.8, 4) is 0 Å². The lowest BCUT2D eigenvalue weighted by atomic mass is 9.83. The summed E-state index contributed by atoms with van der Waals surface area (Å²) in [4.78, 5) is 23.8. The van der Waals surface area contributed by atoms with Crippen LogP contribution in [-0.2, 0) is 19.1 Å². The predicted octanol–water partition coefficient (Wildman–Crippen LogP) is 2.84. The Labute approximate surface area is 144 Å². The average Bonchev–Trinajstić information content (AvgIpc) is 2.50. The number of carbonyl (C=O) groups excluding carboxylic acids is 2. The molecule has 0 aliphatic heterocycles. The van der Waals surface area contributed by atoms with Crippen molar-refractivity contribution in [3.63, 3.8) is 0 Å². The number of ether oxygens (including phenoxy) is 2. The van der Waals surface area contributed by atoms with E-state index in [1.807, 2.05) is 13.8 Å². The highest BCUT2D eigenvalue weighted by atomic mass is 16.8. The number of aliphatic hydroxyl groups is 2. The zero-order valence-electron chi connectivity index (χ0n) is 15.3. The molecular weight excluding hydrogens is 312 g/mol. The van der Waals surface area contributed by atoms with Crippen molar-refractivity contribution >= 4 is 11.9 Å². The lowest BCUT2D eigenvalue weighted by molar-refractivity contribution is -0.394. The highest BCUT2D eigenvalue weighted by Crippen LogP contribution is 2.38. The van der Waals surface area contributed by atoms with E-state index in [1.54, 1.807) is 6.92 Å². The van der Waals surface area contributed by atoms with Gasteiger partial charge in [-0.25, -0.2) is 9.59 Å². The normalized spacial score (nSPS) is 14.0. The molecule has 0 saturated heterocycles. The summed E-state index contributed by atoms with van der Waals surface area (Å²) < 4.78 is 10.2. The molecule has 24 heavy (non-hydrogen) atoms. The van der Waals surface area contributed by atoms with Crippen LogP contribution in [0, 0.1) is 5.92 Å². The second kappa shape index (κ2) is 8.99. The molecule has 0 heterocycles. The van der Waals surface area contributed by atoms with E-state index in [0.717, 1.165) is 12.8 Å². The topological polar surface area (TPSA) is 93.1 Å². The van der Waals surface area contributed by atoms with Crippen molar-refractivity contribution in [1.82, 2.24) is 0 Å². The molecule has 1 unspecified atom stereocenters. The Hall–Kier alpha value is -1.66. The molecule has 0 radical (unpaired) electrons. The van der Waals surface area contributed by atoms with Gasteiger partial charge in [-0.1, -0.05) is 46.8 Å². The van der Waals surface area contributed by atoms with E-state index in [9.17, 15) is 19.8 Å². The van der Waals surface area contributed by atoms with Gasteiger partial charge in [0, 0.05) is 11.1 Å². The van der Waals surface area contributed by atoms with Gasteiger partial charge >= 0.3 is 17.9 Å². The Morgan fingerprint density at radius 2 is 1.38 bits per heavy atom. The van der Waals surface area contributed by atoms with Crippen LogP contribution in [0.3, 0.4) is 0 Å². The summed E-state index contributed by atoms with van der Waals surface area (Å²) >= 11 is 0. The zero-order valence-corrected chi connectivity index (χ0v) is 15.3. The number of esters is 2. The molecule has 0 amide bonds. The van der Waals surface area contributed by atoms with Crippen LogP contribution in [-0.4, -0.2) is 33.7 Å². The molecule has 0 aromatic carbocycles. The maximum absolute atomic E-state index is 12.0. The van der Waals surface area contributed by atoms with Crippen LogP contribution < -0.4 is 0 Å². The van der Waals surface area contributed by atoms with Gasteiger partial charge < -0.3 is 19.7 Å². The average molecular weight is 342 g/mol. The Bertz CT molecular complexity index is 490. The van der Waals surface area contributed by atoms with Gasteiger partial charge in [0.25, 0.3) is 0 Å². The molecule has 0 aliphatic carbocycles. The minimum atomic E-state index is -2.98. The lowest BCUT2D eigenvalue weighted by Gasteiger charge is -2.42. The van der Waals surface area contributed by atoms with Crippen molar-refractivity contribution in [2.75, 3.05) is 0 Å². The molecule has 0 fully saturated rings. The van der Waals surface area contributed by atoms with Crippen LogP contribution in [0.25, 0.3) is 0 Å². The first-order valence-electron chi connectivity index (χ1n) is 8.18. The fraction of sp³-hybridized carbons (Fsp3) is 0.667. The van der Waals surface area contributed by atoms with E-state index in [4.69, 9.17) is 9.47 Å². The summed E-state index contributed by atoms with van der Waals surface area (Å²) in [5, 5.41) is 21.0. The number of carbonyl (C=O) groups is 2. The van der Waals surface area contributed by atoms with Gasteiger partial charge in [-0.15, -0.1) is 0 Å². The first-order chi connectivity index (χ1) is 11.0. The molecule has 0 aliphatic rings. The minimum absolute atomic E-state index is 0.00115. The second-order valence-corrected chi connectivity index (χ2v) is 6.18. The monoisotopic (exact) mass is 342 g/mol. The molecule has 0 saturated carbocycles. The lowest BCUT2D eigenvalue weighted by Crippen LogP contribution is -2.60. The van der Waals surface area contributed by atoms with Crippen molar-refractivity contribution in [2.24, 2.45) is 5.92 Å².